The van der Waals surface area contributed by atoms with Crippen molar-refractivity contribution in [3.8, 4) is 0 Å². The first-order chi connectivity index (χ1) is 7.19. The Kier molecular flexibility index (Phi) is 2.67. The Morgan fingerprint density at radius 1 is 1.60 bits per heavy atom. The van der Waals surface area contributed by atoms with Crippen LogP contribution >= 0.6 is 0 Å². The minimum atomic E-state index is -0.355. The lowest BCUT2D eigenvalue weighted by atomic mass is 9.89. The molecule has 2 rings (SSSR count). The highest BCUT2D eigenvalue weighted by Crippen LogP contribution is 2.37. The number of aliphatic imine (C=N–C) groups is 1. The summed E-state index contributed by atoms with van der Waals surface area (Å²) in [6.07, 6.45) is 4.19. The molecule has 0 aromatic rings. The van der Waals surface area contributed by atoms with E-state index in [-0.39, 0.29) is 11.4 Å². The van der Waals surface area contributed by atoms with Gasteiger partial charge in [0.05, 0.1) is 0 Å². The fraction of sp³-hybridized carbons (Fsp3) is 0.818. The van der Waals surface area contributed by atoms with Gasteiger partial charge >= 0.3 is 0 Å². The highest BCUT2D eigenvalue weighted by molar-refractivity contribution is 6.09. The van der Waals surface area contributed by atoms with E-state index in [1.165, 1.54) is 0 Å². The SMILES string of the molecule is CCCN=C1NC(=O)C2(CCCC2C)N1. The van der Waals surface area contributed by atoms with Crippen molar-refractivity contribution in [1.82, 2.24) is 10.6 Å². The highest BCUT2D eigenvalue weighted by Gasteiger charge is 2.51. The van der Waals surface area contributed by atoms with Gasteiger partial charge in [-0.2, -0.15) is 0 Å². The molecule has 1 saturated carbocycles. The molecule has 1 spiro atoms. The lowest BCUT2D eigenvalue weighted by Crippen LogP contribution is -2.49. The molecule has 15 heavy (non-hydrogen) atoms. The van der Waals surface area contributed by atoms with E-state index in [1.807, 2.05) is 0 Å². The predicted octanol–water partition coefficient (Wildman–Crippen LogP) is 1.03. The third-order valence-corrected chi connectivity index (χ3v) is 3.52. The van der Waals surface area contributed by atoms with Gasteiger partial charge in [0.2, 0.25) is 0 Å². The summed E-state index contributed by atoms with van der Waals surface area (Å²) >= 11 is 0. The standard InChI is InChI=1S/C11H19N3O/c1-3-7-12-10-13-9(15)11(14-10)6-4-5-8(11)2/h8H,3-7H2,1-2H3,(H2,12,13,14,15). The van der Waals surface area contributed by atoms with E-state index < -0.39 is 0 Å². The van der Waals surface area contributed by atoms with Gasteiger partial charge in [-0.1, -0.05) is 20.3 Å². The zero-order chi connectivity index (χ0) is 10.9. The van der Waals surface area contributed by atoms with Crippen molar-refractivity contribution in [2.45, 2.75) is 45.1 Å². The van der Waals surface area contributed by atoms with Crippen molar-refractivity contribution in [2.75, 3.05) is 6.54 Å². The molecular weight excluding hydrogens is 190 g/mol. The molecule has 2 unspecified atom stereocenters. The summed E-state index contributed by atoms with van der Waals surface area (Å²) in [5.74, 6) is 1.20. The van der Waals surface area contributed by atoms with E-state index >= 15 is 0 Å². The average molecular weight is 209 g/mol. The van der Waals surface area contributed by atoms with E-state index in [0.717, 1.165) is 32.2 Å². The van der Waals surface area contributed by atoms with Crippen LogP contribution in [-0.4, -0.2) is 24.0 Å². The Bertz CT molecular complexity index is 300. The fourth-order valence-electron chi connectivity index (χ4n) is 2.52. The summed E-state index contributed by atoms with van der Waals surface area (Å²) in [6.45, 7) is 4.99. The molecule has 2 N–H and O–H groups in total. The van der Waals surface area contributed by atoms with Crippen LogP contribution < -0.4 is 10.6 Å². The molecular formula is C11H19N3O. The average Bonchev–Trinajstić information content (AvgIpc) is 2.72. The maximum atomic E-state index is 11.9. The van der Waals surface area contributed by atoms with Crippen LogP contribution in [0.15, 0.2) is 4.99 Å². The number of hydrogen-bond donors (Lipinski definition) is 2. The number of hydrogen-bond acceptors (Lipinski definition) is 2. The van der Waals surface area contributed by atoms with Crippen LogP contribution in [0.4, 0.5) is 0 Å². The van der Waals surface area contributed by atoms with Gasteiger partial charge in [-0.05, 0) is 25.2 Å². The summed E-state index contributed by atoms with van der Waals surface area (Å²) in [7, 11) is 0. The van der Waals surface area contributed by atoms with Gasteiger partial charge in [0.15, 0.2) is 5.96 Å². The molecule has 0 radical (unpaired) electrons. The van der Waals surface area contributed by atoms with E-state index in [1.54, 1.807) is 0 Å². The van der Waals surface area contributed by atoms with E-state index in [0.29, 0.717) is 11.9 Å². The molecule has 1 amide bonds. The first-order valence-corrected chi connectivity index (χ1v) is 5.83. The lowest BCUT2D eigenvalue weighted by Gasteiger charge is -2.25. The molecule has 1 saturated heterocycles. The summed E-state index contributed by atoms with van der Waals surface area (Å²) in [4.78, 5) is 16.2. The summed E-state index contributed by atoms with van der Waals surface area (Å²) in [5, 5.41) is 6.14. The molecule has 1 aliphatic carbocycles. The van der Waals surface area contributed by atoms with Gasteiger partial charge < -0.3 is 5.32 Å². The van der Waals surface area contributed by atoms with Gasteiger partial charge in [-0.25, -0.2) is 0 Å². The van der Waals surface area contributed by atoms with E-state index in [2.05, 4.69) is 29.5 Å². The number of amides is 1. The third-order valence-electron chi connectivity index (χ3n) is 3.52. The minimum Gasteiger partial charge on any atom is -0.341 e. The Hall–Kier alpha value is -1.06. The van der Waals surface area contributed by atoms with Crippen molar-refractivity contribution in [3.05, 3.63) is 0 Å². The Labute approximate surface area is 90.5 Å². The van der Waals surface area contributed by atoms with Gasteiger partial charge in [0, 0.05) is 6.54 Å². The third kappa shape index (κ3) is 1.62. The van der Waals surface area contributed by atoms with Gasteiger partial charge in [0.1, 0.15) is 5.54 Å². The van der Waals surface area contributed by atoms with Crippen LogP contribution in [0.2, 0.25) is 0 Å². The molecule has 84 valence electrons. The van der Waals surface area contributed by atoms with Gasteiger partial charge in [-0.15, -0.1) is 0 Å². The Morgan fingerprint density at radius 3 is 3.00 bits per heavy atom. The lowest BCUT2D eigenvalue weighted by molar-refractivity contribution is -0.124. The Balaban J connectivity index is 2.13. The monoisotopic (exact) mass is 209 g/mol. The summed E-state index contributed by atoms with van der Waals surface area (Å²) in [6, 6.07) is 0. The topological polar surface area (TPSA) is 53.5 Å². The van der Waals surface area contributed by atoms with Crippen LogP contribution in [-0.2, 0) is 4.79 Å². The quantitative estimate of drug-likeness (QED) is 0.713. The normalized spacial score (nSPS) is 37.3. The second kappa shape index (κ2) is 3.83. The molecule has 1 heterocycles. The summed E-state index contributed by atoms with van der Waals surface area (Å²) < 4.78 is 0. The zero-order valence-electron chi connectivity index (χ0n) is 9.47. The molecule has 4 nitrogen and oxygen atoms in total. The molecule has 0 bridgehead atoms. The van der Waals surface area contributed by atoms with Crippen LogP contribution in [0.5, 0.6) is 0 Å². The number of guanidine groups is 1. The first kappa shape index (κ1) is 10.5. The maximum absolute atomic E-state index is 11.9. The van der Waals surface area contributed by atoms with Crippen molar-refractivity contribution >= 4 is 11.9 Å². The highest BCUT2D eigenvalue weighted by atomic mass is 16.2. The van der Waals surface area contributed by atoms with Crippen LogP contribution in [0.25, 0.3) is 0 Å². The number of carbonyl (C=O) groups is 1. The molecule has 4 heteroatoms. The van der Waals surface area contributed by atoms with Crippen LogP contribution in [0.1, 0.15) is 39.5 Å². The van der Waals surface area contributed by atoms with Crippen molar-refractivity contribution in [1.29, 1.82) is 0 Å². The molecule has 0 aromatic heterocycles. The number of nitrogens with zero attached hydrogens (tertiary/aromatic N) is 1. The van der Waals surface area contributed by atoms with E-state index in [4.69, 9.17) is 0 Å². The van der Waals surface area contributed by atoms with Gasteiger partial charge in [-0.3, -0.25) is 15.1 Å². The predicted molar refractivity (Wildman–Crippen MR) is 59.6 cm³/mol. The van der Waals surface area contributed by atoms with Crippen LogP contribution in [0, 0.1) is 5.92 Å². The van der Waals surface area contributed by atoms with Crippen molar-refractivity contribution < 1.29 is 4.79 Å². The summed E-state index contributed by atoms with van der Waals surface area (Å²) in [5.41, 5.74) is -0.355. The second-order valence-electron chi connectivity index (χ2n) is 4.57. The molecule has 1 aliphatic heterocycles. The molecule has 2 atom stereocenters. The Morgan fingerprint density at radius 2 is 2.40 bits per heavy atom. The van der Waals surface area contributed by atoms with Crippen molar-refractivity contribution in [3.63, 3.8) is 0 Å². The maximum Gasteiger partial charge on any atom is 0.252 e. The second-order valence-corrected chi connectivity index (χ2v) is 4.57. The molecule has 0 aromatic carbocycles. The first-order valence-electron chi connectivity index (χ1n) is 5.83. The van der Waals surface area contributed by atoms with Crippen molar-refractivity contribution in [2.24, 2.45) is 10.9 Å². The smallest absolute Gasteiger partial charge is 0.252 e. The molecule has 2 fully saturated rings. The zero-order valence-corrected chi connectivity index (χ0v) is 9.47. The number of rotatable bonds is 2. The van der Waals surface area contributed by atoms with E-state index in [9.17, 15) is 4.79 Å². The van der Waals surface area contributed by atoms with Crippen LogP contribution in [0.3, 0.4) is 0 Å². The number of carbonyl (C=O) groups excluding carboxylic acids is 1. The largest absolute Gasteiger partial charge is 0.341 e. The molecule has 2 aliphatic rings. The number of nitrogens with one attached hydrogen (secondary N) is 2. The van der Waals surface area contributed by atoms with Gasteiger partial charge in [0.25, 0.3) is 5.91 Å². The fourth-order valence-corrected chi connectivity index (χ4v) is 2.52. The minimum absolute atomic E-state index is 0.113.